The van der Waals surface area contributed by atoms with Crippen LogP contribution >= 0.6 is 11.3 Å². The van der Waals surface area contributed by atoms with Crippen LogP contribution in [0.5, 0.6) is 0 Å². The molecular weight excluding hydrogens is 374 g/mol. The minimum absolute atomic E-state index is 0.193. The van der Waals surface area contributed by atoms with Gasteiger partial charge in [-0.1, -0.05) is 25.7 Å². The SMILES string of the molecule is OC[C@H]1O[C@@H](n2cnc3c(-c4ccc(CC5CCCC5)s4)ccnc32)C[C@@H]1O. The fourth-order valence-corrected chi connectivity index (χ4v) is 5.67. The number of aromatic nitrogens is 3. The quantitative estimate of drug-likeness (QED) is 0.686. The van der Waals surface area contributed by atoms with Crippen molar-refractivity contribution in [1.82, 2.24) is 14.5 Å². The van der Waals surface area contributed by atoms with Crippen molar-refractivity contribution in [1.29, 1.82) is 0 Å². The Morgan fingerprint density at radius 3 is 2.82 bits per heavy atom. The average molecular weight is 400 g/mol. The molecule has 0 aromatic carbocycles. The number of fused-ring (bicyclic) bond motifs is 1. The normalized spacial score (nSPS) is 25.9. The van der Waals surface area contributed by atoms with E-state index in [2.05, 4.69) is 22.1 Å². The van der Waals surface area contributed by atoms with Crippen molar-refractivity contribution in [2.75, 3.05) is 6.61 Å². The lowest BCUT2D eigenvalue weighted by Crippen LogP contribution is -2.24. The predicted octanol–water partition coefficient (Wildman–Crippen LogP) is 3.53. The molecule has 28 heavy (non-hydrogen) atoms. The van der Waals surface area contributed by atoms with Crippen molar-refractivity contribution in [2.24, 2.45) is 5.92 Å². The molecule has 1 saturated carbocycles. The number of thiophene rings is 1. The monoisotopic (exact) mass is 399 g/mol. The molecule has 4 heterocycles. The molecule has 1 saturated heterocycles. The maximum absolute atomic E-state index is 10.0. The molecule has 5 rings (SSSR count). The van der Waals surface area contributed by atoms with E-state index in [4.69, 9.17) is 4.74 Å². The summed E-state index contributed by atoms with van der Waals surface area (Å²) in [5.74, 6) is 0.841. The summed E-state index contributed by atoms with van der Waals surface area (Å²) >= 11 is 1.85. The number of aliphatic hydroxyl groups excluding tert-OH is 2. The van der Waals surface area contributed by atoms with Gasteiger partial charge in [-0.25, -0.2) is 9.97 Å². The van der Waals surface area contributed by atoms with Crippen LogP contribution in [-0.4, -0.2) is 43.6 Å². The maximum Gasteiger partial charge on any atom is 0.162 e. The van der Waals surface area contributed by atoms with Crippen LogP contribution in [0.25, 0.3) is 21.6 Å². The number of imidazole rings is 1. The summed E-state index contributed by atoms with van der Waals surface area (Å²) < 4.78 is 7.65. The molecule has 0 amide bonds. The van der Waals surface area contributed by atoms with E-state index >= 15 is 0 Å². The van der Waals surface area contributed by atoms with Gasteiger partial charge in [-0.2, -0.15) is 0 Å². The van der Waals surface area contributed by atoms with Gasteiger partial charge in [0.2, 0.25) is 0 Å². The summed E-state index contributed by atoms with van der Waals surface area (Å²) in [4.78, 5) is 11.8. The molecule has 3 atom stereocenters. The Balaban J connectivity index is 1.43. The Bertz CT molecular complexity index is 963. The Hall–Kier alpha value is -1.80. The second-order valence-corrected chi connectivity index (χ2v) is 9.09. The van der Waals surface area contributed by atoms with E-state index in [-0.39, 0.29) is 12.8 Å². The number of pyridine rings is 1. The molecule has 0 spiro atoms. The summed E-state index contributed by atoms with van der Waals surface area (Å²) in [7, 11) is 0. The molecule has 3 aromatic rings. The second kappa shape index (κ2) is 7.55. The zero-order chi connectivity index (χ0) is 19.1. The number of hydrogen-bond acceptors (Lipinski definition) is 6. The van der Waals surface area contributed by atoms with Gasteiger partial charge in [0.1, 0.15) is 17.8 Å². The number of nitrogens with zero attached hydrogens (tertiary/aromatic N) is 3. The topological polar surface area (TPSA) is 80.4 Å². The van der Waals surface area contributed by atoms with Crippen LogP contribution in [0.1, 0.15) is 43.2 Å². The first kappa shape index (κ1) is 18.2. The van der Waals surface area contributed by atoms with Gasteiger partial charge in [0.25, 0.3) is 0 Å². The van der Waals surface area contributed by atoms with Crippen LogP contribution in [0.2, 0.25) is 0 Å². The van der Waals surface area contributed by atoms with Gasteiger partial charge < -0.3 is 14.9 Å². The smallest absolute Gasteiger partial charge is 0.162 e. The lowest BCUT2D eigenvalue weighted by atomic mass is 10.0. The molecule has 2 aliphatic rings. The fraction of sp³-hybridized carbons (Fsp3) is 0.524. The third-order valence-corrected chi connectivity index (χ3v) is 7.19. The zero-order valence-electron chi connectivity index (χ0n) is 15.7. The van der Waals surface area contributed by atoms with E-state index in [1.807, 2.05) is 22.0 Å². The third-order valence-electron chi connectivity index (χ3n) is 6.05. The van der Waals surface area contributed by atoms with Crippen LogP contribution in [0.3, 0.4) is 0 Å². The van der Waals surface area contributed by atoms with Crippen LogP contribution in [0.15, 0.2) is 30.7 Å². The number of ether oxygens (including phenoxy) is 1. The summed E-state index contributed by atoms with van der Waals surface area (Å²) in [5.41, 5.74) is 2.69. The molecule has 1 aliphatic heterocycles. The van der Waals surface area contributed by atoms with Crippen molar-refractivity contribution in [3.05, 3.63) is 35.6 Å². The van der Waals surface area contributed by atoms with Crippen molar-refractivity contribution in [2.45, 2.75) is 57.0 Å². The maximum atomic E-state index is 10.0. The fourth-order valence-electron chi connectivity index (χ4n) is 4.52. The summed E-state index contributed by atoms with van der Waals surface area (Å²) in [6, 6.07) is 6.47. The molecule has 0 unspecified atom stereocenters. The van der Waals surface area contributed by atoms with Crippen LogP contribution in [0, 0.1) is 5.92 Å². The van der Waals surface area contributed by atoms with E-state index in [9.17, 15) is 10.2 Å². The highest BCUT2D eigenvalue weighted by atomic mass is 32.1. The number of rotatable bonds is 5. The first-order chi connectivity index (χ1) is 13.7. The van der Waals surface area contributed by atoms with Gasteiger partial charge >= 0.3 is 0 Å². The molecule has 0 bridgehead atoms. The van der Waals surface area contributed by atoms with Gasteiger partial charge in [0, 0.05) is 27.9 Å². The van der Waals surface area contributed by atoms with Gasteiger partial charge in [-0.05, 0) is 30.5 Å². The van der Waals surface area contributed by atoms with E-state index in [1.54, 1.807) is 12.5 Å². The Morgan fingerprint density at radius 1 is 1.18 bits per heavy atom. The lowest BCUT2D eigenvalue weighted by molar-refractivity contribution is -0.0432. The summed E-state index contributed by atoms with van der Waals surface area (Å²) in [6.45, 7) is -0.193. The van der Waals surface area contributed by atoms with E-state index < -0.39 is 12.2 Å². The minimum Gasteiger partial charge on any atom is -0.394 e. The molecule has 148 valence electrons. The first-order valence-electron chi connectivity index (χ1n) is 10.1. The first-order valence-corrected chi connectivity index (χ1v) is 10.9. The third kappa shape index (κ3) is 3.26. The standard InChI is InChI=1S/C21H25N3O3S/c25-11-17-16(26)10-19(27-17)24-12-23-20-15(7-8-22-21(20)24)18-6-5-14(28-18)9-13-3-1-2-4-13/h5-8,12-13,16-17,19,25-26H,1-4,9-11H2/t16-,17+,19+/m0/s1. The van der Waals surface area contributed by atoms with Crippen LogP contribution in [-0.2, 0) is 11.2 Å². The molecule has 3 aromatic heterocycles. The molecule has 6 nitrogen and oxygen atoms in total. The molecular formula is C21H25N3O3S. The Labute approximate surface area is 167 Å². The van der Waals surface area contributed by atoms with Gasteiger partial charge in [-0.15, -0.1) is 11.3 Å². The van der Waals surface area contributed by atoms with Crippen molar-refractivity contribution in [3.8, 4) is 10.4 Å². The van der Waals surface area contributed by atoms with Crippen molar-refractivity contribution >= 4 is 22.5 Å². The Kier molecular flexibility index (Phi) is 4.92. The van der Waals surface area contributed by atoms with Crippen LogP contribution in [0.4, 0.5) is 0 Å². The summed E-state index contributed by atoms with van der Waals surface area (Å²) in [6.07, 6.45) is 9.02. The second-order valence-electron chi connectivity index (χ2n) is 7.92. The van der Waals surface area contributed by atoms with E-state index in [1.165, 1.54) is 41.9 Å². The van der Waals surface area contributed by atoms with Crippen molar-refractivity contribution < 1.29 is 14.9 Å². The minimum atomic E-state index is -0.675. The van der Waals surface area contributed by atoms with Crippen LogP contribution < -0.4 is 0 Å². The Morgan fingerprint density at radius 2 is 2.04 bits per heavy atom. The van der Waals surface area contributed by atoms with Gasteiger partial charge in [0.15, 0.2) is 5.65 Å². The molecule has 0 radical (unpaired) electrons. The molecule has 1 aliphatic carbocycles. The average Bonchev–Trinajstić information content (AvgIpc) is 3.48. The highest BCUT2D eigenvalue weighted by molar-refractivity contribution is 7.15. The summed E-state index contributed by atoms with van der Waals surface area (Å²) in [5, 5.41) is 19.4. The molecule has 2 fully saturated rings. The van der Waals surface area contributed by atoms with E-state index in [0.717, 1.165) is 22.6 Å². The highest BCUT2D eigenvalue weighted by Crippen LogP contribution is 2.37. The lowest BCUT2D eigenvalue weighted by Gasteiger charge is -2.13. The number of aliphatic hydroxyl groups is 2. The zero-order valence-corrected chi connectivity index (χ0v) is 16.5. The van der Waals surface area contributed by atoms with Gasteiger partial charge in [-0.3, -0.25) is 4.57 Å². The van der Waals surface area contributed by atoms with E-state index in [0.29, 0.717) is 6.42 Å². The predicted molar refractivity (Wildman–Crippen MR) is 108 cm³/mol. The van der Waals surface area contributed by atoms with Gasteiger partial charge in [0.05, 0.1) is 19.0 Å². The van der Waals surface area contributed by atoms with Crippen molar-refractivity contribution in [3.63, 3.8) is 0 Å². The highest BCUT2D eigenvalue weighted by Gasteiger charge is 2.35. The largest absolute Gasteiger partial charge is 0.394 e. The molecule has 2 N–H and O–H groups in total. The molecule has 7 heteroatoms. The number of hydrogen-bond donors (Lipinski definition) is 2.